The second-order valence-corrected chi connectivity index (χ2v) is 6.21. The first kappa shape index (κ1) is 14.5. The summed E-state index contributed by atoms with van der Waals surface area (Å²) < 4.78 is 0. The van der Waals surface area contributed by atoms with Crippen LogP contribution < -0.4 is 0 Å². The number of aromatic nitrogens is 2. The molecule has 0 spiro atoms. The van der Waals surface area contributed by atoms with Crippen LogP contribution in [0.25, 0.3) is 0 Å². The van der Waals surface area contributed by atoms with E-state index in [0.29, 0.717) is 25.4 Å². The molecule has 0 unspecified atom stereocenters. The minimum absolute atomic E-state index is 0.183. The average molecular weight is 292 g/mol. The number of nitrogens with zero attached hydrogens (tertiary/aromatic N) is 3. The Bertz CT molecular complexity index is 462. The summed E-state index contributed by atoms with van der Waals surface area (Å²) in [6, 6.07) is 2.04. The van der Waals surface area contributed by atoms with Gasteiger partial charge in [-0.3, -0.25) is 9.89 Å². The fourth-order valence-electron chi connectivity index (χ4n) is 3.48. The molecular weight excluding hydrogens is 268 g/mol. The standard InChI is InChI=1S/C15H24N4O2/c20-13(11-19-8-2-4-15(19)21)10-18-7-1-3-12(9-18)14-5-6-16-17-14/h5-6,12-13,20H,1-4,7-11H2,(H,16,17)/t12-,13+/m1/s1. The maximum absolute atomic E-state index is 11.6. The third-order valence-electron chi connectivity index (χ3n) is 4.54. The molecule has 2 aliphatic rings. The summed E-state index contributed by atoms with van der Waals surface area (Å²) in [6.45, 7) is 3.90. The van der Waals surface area contributed by atoms with Crippen molar-refractivity contribution in [3.8, 4) is 0 Å². The van der Waals surface area contributed by atoms with Gasteiger partial charge >= 0.3 is 0 Å². The largest absolute Gasteiger partial charge is 0.390 e. The van der Waals surface area contributed by atoms with E-state index in [0.717, 1.165) is 32.5 Å². The van der Waals surface area contributed by atoms with Gasteiger partial charge in [0, 0.05) is 50.4 Å². The Hall–Kier alpha value is -1.40. The molecule has 0 bridgehead atoms. The molecular formula is C15H24N4O2. The minimum atomic E-state index is -0.451. The number of nitrogens with one attached hydrogen (secondary N) is 1. The van der Waals surface area contributed by atoms with Gasteiger partial charge in [-0.2, -0.15) is 5.10 Å². The lowest BCUT2D eigenvalue weighted by Crippen LogP contribution is -2.44. The van der Waals surface area contributed by atoms with Gasteiger partial charge in [-0.25, -0.2) is 0 Å². The van der Waals surface area contributed by atoms with Crippen molar-refractivity contribution in [2.45, 2.75) is 37.7 Å². The zero-order chi connectivity index (χ0) is 14.7. The quantitative estimate of drug-likeness (QED) is 0.832. The fourth-order valence-corrected chi connectivity index (χ4v) is 3.48. The van der Waals surface area contributed by atoms with Crippen LogP contribution in [0.5, 0.6) is 0 Å². The van der Waals surface area contributed by atoms with Gasteiger partial charge in [0.05, 0.1) is 6.10 Å². The van der Waals surface area contributed by atoms with Gasteiger partial charge in [0.15, 0.2) is 0 Å². The number of hydrogen-bond donors (Lipinski definition) is 2. The molecule has 3 rings (SSSR count). The number of likely N-dealkylation sites (tertiary alicyclic amines) is 2. The van der Waals surface area contributed by atoms with Crippen LogP contribution in [0.3, 0.4) is 0 Å². The molecule has 2 fully saturated rings. The molecule has 2 atom stereocenters. The van der Waals surface area contributed by atoms with Crippen molar-refractivity contribution in [3.63, 3.8) is 0 Å². The second-order valence-electron chi connectivity index (χ2n) is 6.21. The summed E-state index contributed by atoms with van der Waals surface area (Å²) in [4.78, 5) is 15.7. The van der Waals surface area contributed by atoms with Crippen LogP contribution >= 0.6 is 0 Å². The van der Waals surface area contributed by atoms with Gasteiger partial charge in [-0.15, -0.1) is 0 Å². The van der Waals surface area contributed by atoms with Crippen LogP contribution in [0.1, 0.15) is 37.3 Å². The minimum Gasteiger partial charge on any atom is -0.390 e. The van der Waals surface area contributed by atoms with E-state index in [1.165, 1.54) is 12.1 Å². The zero-order valence-corrected chi connectivity index (χ0v) is 12.4. The molecule has 116 valence electrons. The third kappa shape index (κ3) is 3.63. The van der Waals surface area contributed by atoms with Gasteiger partial charge < -0.3 is 14.9 Å². The lowest BCUT2D eigenvalue weighted by atomic mass is 9.95. The molecule has 1 aromatic heterocycles. The molecule has 6 nitrogen and oxygen atoms in total. The number of H-pyrrole nitrogens is 1. The van der Waals surface area contributed by atoms with Crippen LogP contribution in [0.15, 0.2) is 12.3 Å². The predicted molar refractivity (Wildman–Crippen MR) is 78.8 cm³/mol. The van der Waals surface area contributed by atoms with Gasteiger partial charge in [0.2, 0.25) is 5.91 Å². The summed E-state index contributed by atoms with van der Waals surface area (Å²) in [7, 11) is 0. The molecule has 1 amide bonds. The van der Waals surface area contributed by atoms with Crippen molar-refractivity contribution < 1.29 is 9.90 Å². The van der Waals surface area contributed by atoms with Crippen LogP contribution in [0.2, 0.25) is 0 Å². The Labute approximate surface area is 125 Å². The van der Waals surface area contributed by atoms with E-state index in [4.69, 9.17) is 0 Å². The van der Waals surface area contributed by atoms with E-state index < -0.39 is 6.10 Å². The third-order valence-corrected chi connectivity index (χ3v) is 4.54. The Morgan fingerprint density at radius 1 is 1.38 bits per heavy atom. The van der Waals surface area contributed by atoms with Gasteiger partial charge in [0.1, 0.15) is 0 Å². The van der Waals surface area contributed by atoms with Gasteiger partial charge in [-0.05, 0) is 31.9 Å². The van der Waals surface area contributed by atoms with E-state index in [1.54, 1.807) is 11.1 Å². The Kier molecular flexibility index (Phi) is 4.55. The molecule has 0 radical (unpaired) electrons. The highest BCUT2D eigenvalue weighted by Crippen LogP contribution is 2.25. The maximum atomic E-state index is 11.6. The monoisotopic (exact) mass is 292 g/mol. The Morgan fingerprint density at radius 3 is 3.00 bits per heavy atom. The van der Waals surface area contributed by atoms with Crippen molar-refractivity contribution in [1.82, 2.24) is 20.0 Å². The number of rotatable bonds is 5. The molecule has 3 heterocycles. The number of carbonyl (C=O) groups is 1. The van der Waals surface area contributed by atoms with Crippen molar-refractivity contribution in [3.05, 3.63) is 18.0 Å². The lowest BCUT2D eigenvalue weighted by molar-refractivity contribution is -0.129. The van der Waals surface area contributed by atoms with Crippen molar-refractivity contribution >= 4 is 5.91 Å². The summed E-state index contributed by atoms with van der Waals surface area (Å²) in [6.07, 6.45) is 5.21. The first-order chi connectivity index (χ1) is 10.2. The number of aromatic amines is 1. The van der Waals surface area contributed by atoms with Crippen molar-refractivity contribution in [1.29, 1.82) is 0 Å². The first-order valence-electron chi connectivity index (χ1n) is 7.90. The van der Waals surface area contributed by atoms with Crippen LogP contribution in [-0.4, -0.2) is 69.8 Å². The zero-order valence-electron chi connectivity index (χ0n) is 12.4. The number of aliphatic hydroxyl groups excluding tert-OH is 1. The number of hydrogen-bond acceptors (Lipinski definition) is 4. The smallest absolute Gasteiger partial charge is 0.222 e. The summed E-state index contributed by atoms with van der Waals surface area (Å²) in [5.74, 6) is 0.657. The summed E-state index contributed by atoms with van der Waals surface area (Å²) in [5, 5.41) is 17.3. The van der Waals surface area contributed by atoms with Gasteiger partial charge in [0.25, 0.3) is 0 Å². The fraction of sp³-hybridized carbons (Fsp3) is 0.733. The number of piperidine rings is 1. The highest BCUT2D eigenvalue weighted by Gasteiger charge is 2.26. The number of amides is 1. The van der Waals surface area contributed by atoms with Crippen LogP contribution in [0.4, 0.5) is 0 Å². The topological polar surface area (TPSA) is 72.5 Å². The highest BCUT2D eigenvalue weighted by atomic mass is 16.3. The van der Waals surface area contributed by atoms with Crippen molar-refractivity contribution in [2.24, 2.45) is 0 Å². The average Bonchev–Trinajstić information content (AvgIpc) is 3.12. The van der Waals surface area contributed by atoms with E-state index >= 15 is 0 Å². The summed E-state index contributed by atoms with van der Waals surface area (Å²) in [5.41, 5.74) is 1.18. The normalized spacial score (nSPS) is 25.5. The molecule has 21 heavy (non-hydrogen) atoms. The predicted octanol–water partition coefficient (Wildman–Crippen LogP) is 0.572. The summed E-state index contributed by atoms with van der Waals surface area (Å²) >= 11 is 0. The second kappa shape index (κ2) is 6.58. The number of aliphatic hydroxyl groups is 1. The molecule has 2 aliphatic heterocycles. The molecule has 0 aliphatic carbocycles. The van der Waals surface area contributed by atoms with Gasteiger partial charge in [-0.1, -0.05) is 0 Å². The molecule has 2 saturated heterocycles. The van der Waals surface area contributed by atoms with E-state index in [2.05, 4.69) is 15.1 Å². The molecule has 0 saturated carbocycles. The van der Waals surface area contributed by atoms with E-state index in [9.17, 15) is 9.90 Å². The van der Waals surface area contributed by atoms with E-state index in [-0.39, 0.29) is 5.91 Å². The lowest BCUT2D eigenvalue weighted by Gasteiger charge is -2.34. The van der Waals surface area contributed by atoms with Crippen LogP contribution in [-0.2, 0) is 4.79 Å². The molecule has 2 N–H and O–H groups in total. The first-order valence-corrected chi connectivity index (χ1v) is 7.90. The highest BCUT2D eigenvalue weighted by molar-refractivity contribution is 5.78. The molecule has 1 aromatic rings. The Balaban J connectivity index is 1.49. The van der Waals surface area contributed by atoms with Crippen molar-refractivity contribution in [2.75, 3.05) is 32.7 Å². The van der Waals surface area contributed by atoms with E-state index in [1.807, 2.05) is 6.07 Å². The van der Waals surface area contributed by atoms with Crippen LogP contribution in [0, 0.1) is 0 Å². The SMILES string of the molecule is O=C1CCCN1C[C@@H](O)CN1CCC[C@@H](c2ccn[nH]2)C1. The number of carbonyl (C=O) groups excluding carboxylic acids is 1. The maximum Gasteiger partial charge on any atom is 0.222 e. The Morgan fingerprint density at radius 2 is 2.29 bits per heavy atom. The molecule has 0 aromatic carbocycles. The molecule has 6 heteroatoms. The number of β-amino-alcohol motifs (C(OH)–C–C–N with tert-alkyl or cyclic N) is 1.